The molecular weight excluding hydrogens is 244 g/mol. The van der Waals surface area contributed by atoms with Gasteiger partial charge in [-0.2, -0.15) is 0 Å². The third kappa shape index (κ3) is 3.25. The minimum absolute atomic E-state index is 0.0317. The molecule has 6 heteroatoms. The van der Waals surface area contributed by atoms with Crippen LogP contribution in [0.3, 0.4) is 0 Å². The average Bonchev–Trinajstić information content (AvgIpc) is 2.87. The van der Waals surface area contributed by atoms with Crippen molar-refractivity contribution in [1.29, 1.82) is 0 Å². The quantitative estimate of drug-likeness (QED) is 0.690. The van der Waals surface area contributed by atoms with E-state index in [0.29, 0.717) is 19.6 Å². The van der Waals surface area contributed by atoms with E-state index in [1.165, 1.54) is 0 Å². The van der Waals surface area contributed by atoms with Gasteiger partial charge in [0.15, 0.2) is 0 Å². The van der Waals surface area contributed by atoms with Gasteiger partial charge in [0.1, 0.15) is 0 Å². The first kappa shape index (κ1) is 14.3. The largest absolute Gasteiger partial charge is 0.358 e. The third-order valence-corrected chi connectivity index (χ3v) is 4.15. The van der Waals surface area contributed by atoms with Crippen molar-refractivity contribution in [2.24, 2.45) is 0 Å². The number of nitrogens with zero attached hydrogens (tertiary/aromatic N) is 2. The van der Waals surface area contributed by atoms with Crippen LogP contribution in [0.1, 0.15) is 19.8 Å². The van der Waals surface area contributed by atoms with Gasteiger partial charge in [0.25, 0.3) is 0 Å². The zero-order valence-electron chi connectivity index (χ0n) is 11.9. The van der Waals surface area contributed by atoms with Crippen LogP contribution in [-0.2, 0) is 9.59 Å². The van der Waals surface area contributed by atoms with E-state index >= 15 is 0 Å². The molecule has 1 atom stereocenters. The highest BCUT2D eigenvalue weighted by Gasteiger charge is 2.39. The van der Waals surface area contributed by atoms with Crippen molar-refractivity contribution in [1.82, 2.24) is 20.4 Å². The van der Waals surface area contributed by atoms with Gasteiger partial charge >= 0.3 is 0 Å². The normalized spacial score (nSPS) is 28.4. The zero-order chi connectivity index (χ0) is 13.9. The molecule has 2 saturated heterocycles. The molecule has 2 heterocycles. The summed E-state index contributed by atoms with van der Waals surface area (Å²) in [6.07, 6.45) is 1.99. The van der Waals surface area contributed by atoms with Crippen LogP contribution in [0.4, 0.5) is 0 Å². The van der Waals surface area contributed by atoms with Crippen LogP contribution < -0.4 is 10.6 Å². The second-order valence-corrected chi connectivity index (χ2v) is 5.60. The lowest BCUT2D eigenvalue weighted by atomic mass is 9.98. The number of hydrogen-bond donors (Lipinski definition) is 2. The van der Waals surface area contributed by atoms with Crippen molar-refractivity contribution >= 4 is 11.8 Å². The van der Waals surface area contributed by atoms with E-state index < -0.39 is 0 Å². The van der Waals surface area contributed by atoms with Crippen molar-refractivity contribution in [2.45, 2.75) is 25.3 Å². The second kappa shape index (κ2) is 5.88. The number of carbonyl (C=O) groups is 2. The molecule has 0 aromatic carbocycles. The van der Waals surface area contributed by atoms with Crippen molar-refractivity contribution in [3.8, 4) is 0 Å². The topological polar surface area (TPSA) is 64.7 Å². The first-order chi connectivity index (χ1) is 9.05. The average molecular weight is 268 g/mol. The summed E-state index contributed by atoms with van der Waals surface area (Å²) in [5, 5.41) is 5.94. The predicted molar refractivity (Wildman–Crippen MR) is 72.7 cm³/mol. The fraction of sp³-hybridized carbons (Fsp3) is 0.846. The van der Waals surface area contributed by atoms with Gasteiger partial charge in [0.2, 0.25) is 11.8 Å². The Bertz CT molecular complexity index is 345. The number of carbonyl (C=O) groups excluding carboxylic acids is 2. The minimum atomic E-state index is -0.372. The molecule has 0 radical (unpaired) electrons. The van der Waals surface area contributed by atoms with E-state index in [1.807, 2.05) is 11.8 Å². The van der Waals surface area contributed by atoms with Gasteiger partial charge in [-0.3, -0.25) is 14.5 Å². The van der Waals surface area contributed by atoms with E-state index in [-0.39, 0.29) is 17.4 Å². The third-order valence-electron chi connectivity index (χ3n) is 4.15. The summed E-state index contributed by atoms with van der Waals surface area (Å²) in [6.45, 7) is 6.33. The molecule has 0 aromatic heterocycles. The lowest BCUT2D eigenvalue weighted by Crippen LogP contribution is -2.58. The number of hydrogen-bond acceptors (Lipinski definition) is 4. The Kier molecular flexibility index (Phi) is 4.42. The van der Waals surface area contributed by atoms with Gasteiger partial charge in [-0.15, -0.1) is 0 Å². The molecule has 2 fully saturated rings. The van der Waals surface area contributed by atoms with E-state index in [0.717, 1.165) is 32.5 Å². The van der Waals surface area contributed by atoms with Crippen LogP contribution >= 0.6 is 0 Å². The molecule has 2 N–H and O–H groups in total. The van der Waals surface area contributed by atoms with Gasteiger partial charge in [0.05, 0.1) is 12.1 Å². The van der Waals surface area contributed by atoms with Crippen molar-refractivity contribution < 1.29 is 9.59 Å². The summed E-state index contributed by atoms with van der Waals surface area (Å²) in [7, 11) is 1.65. The number of piperazine rings is 1. The van der Waals surface area contributed by atoms with Crippen molar-refractivity contribution in [2.75, 3.05) is 46.3 Å². The van der Waals surface area contributed by atoms with Crippen molar-refractivity contribution in [3.63, 3.8) is 0 Å². The Morgan fingerprint density at radius 3 is 2.47 bits per heavy atom. The molecule has 19 heavy (non-hydrogen) atoms. The van der Waals surface area contributed by atoms with Crippen LogP contribution in [0.15, 0.2) is 0 Å². The number of likely N-dealkylation sites (N-methyl/N-ethyl adjacent to an activating group) is 1. The molecule has 0 aromatic rings. The lowest BCUT2D eigenvalue weighted by molar-refractivity contribution is -0.139. The molecule has 108 valence electrons. The molecular formula is C13H24N4O2. The zero-order valence-corrected chi connectivity index (χ0v) is 11.9. The van der Waals surface area contributed by atoms with Gasteiger partial charge < -0.3 is 15.5 Å². The van der Waals surface area contributed by atoms with E-state index in [2.05, 4.69) is 15.5 Å². The maximum Gasteiger partial charge on any atom is 0.242 e. The van der Waals surface area contributed by atoms with Crippen LogP contribution in [0, 0.1) is 0 Å². The molecule has 2 aliphatic rings. The summed E-state index contributed by atoms with van der Waals surface area (Å²) < 4.78 is 0. The molecule has 0 bridgehead atoms. The Morgan fingerprint density at radius 1 is 1.26 bits per heavy atom. The van der Waals surface area contributed by atoms with Crippen LogP contribution in [0.2, 0.25) is 0 Å². The summed E-state index contributed by atoms with van der Waals surface area (Å²) in [5.41, 5.74) is -0.372. The number of rotatable bonds is 3. The maximum atomic E-state index is 12.5. The molecule has 2 rings (SSSR count). The number of nitrogens with one attached hydrogen (secondary N) is 2. The molecule has 2 amide bonds. The van der Waals surface area contributed by atoms with Gasteiger partial charge in [-0.05, 0) is 26.3 Å². The smallest absolute Gasteiger partial charge is 0.242 e. The second-order valence-electron chi connectivity index (χ2n) is 5.60. The molecule has 1 unspecified atom stereocenters. The molecule has 6 nitrogen and oxygen atoms in total. The van der Waals surface area contributed by atoms with Gasteiger partial charge in [0, 0.05) is 33.2 Å². The molecule has 0 spiro atoms. The van der Waals surface area contributed by atoms with E-state index in [4.69, 9.17) is 0 Å². The highest BCUT2D eigenvalue weighted by molar-refractivity contribution is 5.86. The number of amides is 2. The Labute approximate surface area is 114 Å². The lowest BCUT2D eigenvalue weighted by Gasteiger charge is -2.38. The Hall–Kier alpha value is -1.14. The Balaban J connectivity index is 1.82. The summed E-state index contributed by atoms with van der Waals surface area (Å²) in [5.74, 6) is 0.244. The standard InChI is InChI=1S/C13H24N4O2/c1-13(4-3-5-15-13)12(19)17-8-6-16(7-9-17)10-11(18)14-2/h15H,3-10H2,1-2H3,(H,14,18). The predicted octanol–water partition coefficient (Wildman–Crippen LogP) is -0.981. The highest BCUT2D eigenvalue weighted by Crippen LogP contribution is 2.21. The minimum Gasteiger partial charge on any atom is -0.358 e. The SMILES string of the molecule is CNC(=O)CN1CCN(C(=O)C2(C)CCCN2)CC1. The first-order valence-electron chi connectivity index (χ1n) is 7.02. The van der Waals surface area contributed by atoms with Crippen LogP contribution in [0.5, 0.6) is 0 Å². The van der Waals surface area contributed by atoms with Crippen LogP contribution in [-0.4, -0.2) is 73.5 Å². The van der Waals surface area contributed by atoms with E-state index in [9.17, 15) is 9.59 Å². The summed E-state index contributed by atoms with van der Waals surface area (Å²) >= 11 is 0. The first-order valence-corrected chi connectivity index (χ1v) is 7.02. The molecule has 2 aliphatic heterocycles. The fourth-order valence-corrected chi connectivity index (χ4v) is 2.82. The van der Waals surface area contributed by atoms with E-state index in [1.54, 1.807) is 7.05 Å². The van der Waals surface area contributed by atoms with Crippen molar-refractivity contribution in [3.05, 3.63) is 0 Å². The summed E-state index contributed by atoms with van der Waals surface area (Å²) in [4.78, 5) is 27.8. The molecule has 0 aliphatic carbocycles. The fourth-order valence-electron chi connectivity index (χ4n) is 2.82. The Morgan fingerprint density at radius 2 is 1.95 bits per heavy atom. The van der Waals surface area contributed by atoms with Gasteiger partial charge in [-0.25, -0.2) is 0 Å². The van der Waals surface area contributed by atoms with Crippen LogP contribution in [0.25, 0.3) is 0 Å². The monoisotopic (exact) mass is 268 g/mol. The maximum absolute atomic E-state index is 12.5. The van der Waals surface area contributed by atoms with Gasteiger partial charge in [-0.1, -0.05) is 0 Å². The highest BCUT2D eigenvalue weighted by atomic mass is 16.2. The summed E-state index contributed by atoms with van der Waals surface area (Å²) in [6, 6.07) is 0. The molecule has 0 saturated carbocycles.